The average Bonchev–Trinajstić information content (AvgIpc) is 2.45. The fraction of sp³-hybridized carbons (Fsp3) is 0.500. The van der Waals surface area contributed by atoms with E-state index >= 15 is 0 Å². The van der Waals surface area contributed by atoms with Gasteiger partial charge in [0.05, 0.1) is 7.11 Å². The molecule has 0 spiro atoms. The fourth-order valence-electron chi connectivity index (χ4n) is 1.56. The van der Waals surface area contributed by atoms with Crippen molar-refractivity contribution < 1.29 is 9.84 Å². The average molecular weight is 278 g/mol. The fourth-order valence-corrected chi connectivity index (χ4v) is 2.78. The van der Waals surface area contributed by atoms with E-state index in [1.807, 2.05) is 30.0 Å². The lowest BCUT2D eigenvalue weighted by Crippen LogP contribution is -1.97. The van der Waals surface area contributed by atoms with Crippen molar-refractivity contribution in [3.8, 4) is 17.6 Å². The van der Waals surface area contributed by atoms with E-state index in [2.05, 4.69) is 25.7 Å². The summed E-state index contributed by atoms with van der Waals surface area (Å²) in [6, 6.07) is 5.90. The van der Waals surface area contributed by atoms with Gasteiger partial charge in [0, 0.05) is 11.3 Å². The van der Waals surface area contributed by atoms with E-state index in [-0.39, 0.29) is 6.61 Å². The molecule has 0 aromatic heterocycles. The van der Waals surface area contributed by atoms with E-state index in [1.54, 1.807) is 7.11 Å². The van der Waals surface area contributed by atoms with Crippen molar-refractivity contribution in [2.75, 3.05) is 19.5 Å². The molecule has 0 saturated carbocycles. The van der Waals surface area contributed by atoms with Crippen molar-refractivity contribution in [1.82, 2.24) is 0 Å². The minimum Gasteiger partial charge on any atom is -0.497 e. The molecule has 1 aromatic rings. The Morgan fingerprint density at radius 1 is 1.42 bits per heavy atom. The van der Waals surface area contributed by atoms with Crippen LogP contribution >= 0.6 is 11.8 Å². The summed E-state index contributed by atoms with van der Waals surface area (Å²) in [4.78, 5) is 0. The van der Waals surface area contributed by atoms with Crippen molar-refractivity contribution in [3.63, 3.8) is 0 Å². The molecule has 1 atom stereocenters. The summed E-state index contributed by atoms with van der Waals surface area (Å²) in [5, 5.41) is 8.80. The summed E-state index contributed by atoms with van der Waals surface area (Å²) in [6.45, 7) is 4.38. The minimum absolute atomic E-state index is 0.106. The molecular formula is C16H22O2S. The van der Waals surface area contributed by atoms with Crippen LogP contribution in [0.4, 0.5) is 0 Å². The maximum atomic E-state index is 8.80. The van der Waals surface area contributed by atoms with Crippen LogP contribution in [0, 0.1) is 17.8 Å². The van der Waals surface area contributed by atoms with Crippen LogP contribution in [0.15, 0.2) is 18.2 Å². The smallest absolute Gasteiger partial charge is 0.119 e. The van der Waals surface area contributed by atoms with Crippen molar-refractivity contribution in [2.24, 2.45) is 5.92 Å². The van der Waals surface area contributed by atoms with Gasteiger partial charge in [-0.1, -0.05) is 32.1 Å². The van der Waals surface area contributed by atoms with Gasteiger partial charge in [0.25, 0.3) is 0 Å². The number of hydrogen-bond acceptors (Lipinski definition) is 3. The minimum atomic E-state index is -0.106. The molecule has 19 heavy (non-hydrogen) atoms. The van der Waals surface area contributed by atoms with Gasteiger partial charge in [0.1, 0.15) is 12.4 Å². The Morgan fingerprint density at radius 2 is 2.21 bits per heavy atom. The highest BCUT2D eigenvalue weighted by molar-refractivity contribution is 7.98. The molecule has 0 saturated heterocycles. The predicted octanol–water partition coefficient (Wildman–Crippen LogP) is 3.32. The normalized spacial score (nSPS) is 11.6. The van der Waals surface area contributed by atoms with Gasteiger partial charge < -0.3 is 9.84 Å². The van der Waals surface area contributed by atoms with E-state index in [0.29, 0.717) is 0 Å². The third-order valence-electron chi connectivity index (χ3n) is 2.97. The first kappa shape index (κ1) is 15.9. The van der Waals surface area contributed by atoms with Gasteiger partial charge in [0.2, 0.25) is 0 Å². The largest absolute Gasteiger partial charge is 0.497 e. The van der Waals surface area contributed by atoms with Crippen molar-refractivity contribution in [3.05, 3.63) is 29.3 Å². The highest BCUT2D eigenvalue weighted by Gasteiger charge is 2.05. The Labute approximate surface area is 120 Å². The summed E-state index contributed by atoms with van der Waals surface area (Å²) in [5.41, 5.74) is 2.15. The van der Waals surface area contributed by atoms with Crippen LogP contribution in [-0.4, -0.2) is 24.6 Å². The second-order valence-electron chi connectivity index (χ2n) is 4.51. The van der Waals surface area contributed by atoms with Crippen LogP contribution in [0.1, 0.15) is 31.4 Å². The van der Waals surface area contributed by atoms with E-state index in [9.17, 15) is 0 Å². The Bertz CT molecular complexity index is 446. The standard InChI is InChI=1S/C16H22O2S/c1-4-13(2)11-19-12-15-10-16(18-3)8-7-14(15)6-5-9-17/h7-8,10,13,17H,4,9,11-12H2,1-3H3. The third-order valence-corrected chi connectivity index (χ3v) is 4.29. The van der Waals surface area contributed by atoms with Crippen LogP contribution in [0.2, 0.25) is 0 Å². The lowest BCUT2D eigenvalue weighted by molar-refractivity contribution is 0.350. The second kappa shape index (κ2) is 8.90. The molecular weight excluding hydrogens is 256 g/mol. The lowest BCUT2D eigenvalue weighted by Gasteiger charge is -2.10. The lowest BCUT2D eigenvalue weighted by atomic mass is 10.1. The number of thioether (sulfide) groups is 1. The molecule has 1 N–H and O–H groups in total. The Hall–Kier alpha value is -1.11. The SMILES string of the molecule is CCC(C)CSCc1cc(OC)ccc1C#CCO. The molecule has 2 nitrogen and oxygen atoms in total. The molecule has 3 heteroatoms. The number of aliphatic hydroxyl groups excluding tert-OH is 1. The van der Waals surface area contributed by atoms with E-state index in [1.165, 1.54) is 12.0 Å². The molecule has 0 heterocycles. The maximum absolute atomic E-state index is 8.80. The molecule has 0 fully saturated rings. The molecule has 104 valence electrons. The number of rotatable bonds is 6. The zero-order valence-electron chi connectivity index (χ0n) is 11.9. The highest BCUT2D eigenvalue weighted by Crippen LogP contribution is 2.23. The van der Waals surface area contributed by atoms with Crippen LogP contribution in [0.3, 0.4) is 0 Å². The van der Waals surface area contributed by atoms with Crippen LogP contribution < -0.4 is 4.74 Å². The summed E-state index contributed by atoms with van der Waals surface area (Å²) < 4.78 is 5.26. The van der Waals surface area contributed by atoms with Crippen molar-refractivity contribution in [1.29, 1.82) is 0 Å². The molecule has 0 aliphatic carbocycles. The summed E-state index contributed by atoms with van der Waals surface area (Å²) in [5.74, 6) is 9.38. The molecule has 0 amide bonds. The summed E-state index contributed by atoms with van der Waals surface area (Å²) >= 11 is 1.92. The molecule has 0 bridgehead atoms. The molecule has 0 radical (unpaired) electrons. The molecule has 0 aliphatic heterocycles. The molecule has 1 rings (SSSR count). The Morgan fingerprint density at radius 3 is 2.84 bits per heavy atom. The number of ether oxygens (including phenoxy) is 1. The summed E-state index contributed by atoms with van der Waals surface area (Å²) in [6.07, 6.45) is 1.21. The zero-order chi connectivity index (χ0) is 14.1. The summed E-state index contributed by atoms with van der Waals surface area (Å²) in [7, 11) is 1.67. The topological polar surface area (TPSA) is 29.5 Å². The van der Waals surface area contributed by atoms with Crippen LogP contribution in [-0.2, 0) is 5.75 Å². The number of benzene rings is 1. The molecule has 1 unspecified atom stereocenters. The maximum Gasteiger partial charge on any atom is 0.119 e. The Kier molecular flexibility index (Phi) is 7.47. The first-order chi connectivity index (χ1) is 9.21. The quantitative estimate of drug-likeness (QED) is 0.810. The van der Waals surface area contributed by atoms with Gasteiger partial charge in [-0.25, -0.2) is 0 Å². The highest BCUT2D eigenvalue weighted by atomic mass is 32.2. The first-order valence-corrected chi connectivity index (χ1v) is 7.71. The molecule has 0 aliphatic rings. The van der Waals surface area contributed by atoms with Crippen LogP contribution in [0.25, 0.3) is 0 Å². The van der Waals surface area contributed by atoms with E-state index < -0.39 is 0 Å². The second-order valence-corrected chi connectivity index (χ2v) is 5.54. The van der Waals surface area contributed by atoms with Gasteiger partial charge in [-0.2, -0.15) is 11.8 Å². The third kappa shape index (κ3) is 5.59. The van der Waals surface area contributed by atoms with E-state index in [0.717, 1.165) is 28.7 Å². The van der Waals surface area contributed by atoms with Crippen molar-refractivity contribution >= 4 is 11.8 Å². The monoisotopic (exact) mass is 278 g/mol. The van der Waals surface area contributed by atoms with Gasteiger partial charge >= 0.3 is 0 Å². The van der Waals surface area contributed by atoms with Crippen LogP contribution in [0.5, 0.6) is 5.75 Å². The van der Waals surface area contributed by atoms with Gasteiger partial charge in [-0.15, -0.1) is 0 Å². The van der Waals surface area contributed by atoms with Gasteiger partial charge in [-0.3, -0.25) is 0 Å². The first-order valence-electron chi connectivity index (χ1n) is 6.55. The van der Waals surface area contributed by atoms with E-state index in [4.69, 9.17) is 9.84 Å². The molecule has 1 aromatic carbocycles. The van der Waals surface area contributed by atoms with Gasteiger partial charge in [0.15, 0.2) is 0 Å². The number of aliphatic hydroxyl groups is 1. The number of methoxy groups -OCH3 is 1. The van der Waals surface area contributed by atoms with Gasteiger partial charge in [-0.05, 0) is 35.4 Å². The predicted molar refractivity (Wildman–Crippen MR) is 82.6 cm³/mol. The Balaban J connectivity index is 2.76. The zero-order valence-corrected chi connectivity index (χ0v) is 12.7. The van der Waals surface area contributed by atoms with Crippen molar-refractivity contribution in [2.45, 2.75) is 26.0 Å². The number of hydrogen-bond donors (Lipinski definition) is 1.